The molecule has 0 saturated carbocycles. The van der Waals surface area contributed by atoms with Crippen molar-refractivity contribution in [3.63, 3.8) is 0 Å². The lowest BCUT2D eigenvalue weighted by molar-refractivity contribution is -0.598. The molecule has 0 radical (unpaired) electrons. The van der Waals surface area contributed by atoms with E-state index < -0.39 is 0 Å². The van der Waals surface area contributed by atoms with Gasteiger partial charge in [-0.05, 0) is 88.5 Å². The zero-order valence-corrected chi connectivity index (χ0v) is 20.5. The minimum atomic E-state index is -0.170. The minimum absolute atomic E-state index is 0.170. The predicted octanol–water partition coefficient (Wildman–Crippen LogP) is 3.60. The molecule has 1 nitrogen and oxygen atoms in total. The van der Waals surface area contributed by atoms with Gasteiger partial charge < -0.3 is 4.74 Å². The molecule has 0 saturated heterocycles. The maximum atomic E-state index is 5.98. The van der Waals surface area contributed by atoms with E-state index in [4.69, 9.17) is 4.74 Å². The van der Waals surface area contributed by atoms with Gasteiger partial charge in [-0.3, -0.25) is 0 Å². The van der Waals surface area contributed by atoms with Gasteiger partial charge >= 0.3 is 21.2 Å². The van der Waals surface area contributed by atoms with Gasteiger partial charge in [0.05, 0.1) is 0 Å². The van der Waals surface area contributed by atoms with E-state index in [0.717, 1.165) is 5.75 Å². The van der Waals surface area contributed by atoms with Gasteiger partial charge in [0, 0.05) is 9.13 Å². The highest BCUT2D eigenvalue weighted by Crippen LogP contribution is 2.21. The molecule has 3 heteroatoms. The van der Waals surface area contributed by atoms with Crippen molar-refractivity contribution in [2.24, 2.45) is 0 Å². The van der Waals surface area contributed by atoms with Crippen molar-refractivity contribution in [3.8, 4) is 5.75 Å². The monoisotopic (exact) mass is 583 g/mol. The Bertz CT molecular complexity index is 891. The van der Waals surface area contributed by atoms with E-state index in [9.17, 15) is 0 Å². The molecule has 0 unspecified atom stereocenters. The third-order valence-electron chi connectivity index (χ3n) is 4.37. The number of halogens is 2. The average Bonchev–Trinajstić information content (AvgIpc) is 2.63. The molecule has 0 aliphatic carbocycles. The second-order valence-corrected chi connectivity index (χ2v) is 11.9. The first-order chi connectivity index (χ1) is 12.8. The van der Waals surface area contributed by atoms with Crippen LogP contribution in [0.5, 0.6) is 5.75 Å². The van der Waals surface area contributed by atoms with Gasteiger partial charge in [0.1, 0.15) is 12.4 Å². The molecule has 0 fully saturated rings. The smallest absolute Gasteiger partial charge is 0.358 e. The molecule has 0 aliphatic rings. The van der Waals surface area contributed by atoms with Crippen molar-refractivity contribution in [1.29, 1.82) is 0 Å². The Kier molecular flexibility index (Phi) is 6.84. The quantitative estimate of drug-likeness (QED) is 0.418. The van der Waals surface area contributed by atoms with Crippen molar-refractivity contribution in [1.82, 2.24) is 0 Å². The van der Waals surface area contributed by atoms with Gasteiger partial charge in [0.25, 0.3) is 0 Å². The maximum Gasteiger partial charge on any atom is 0.358 e. The molecule has 3 aromatic carbocycles. The Balaban J connectivity index is 1.65. The maximum absolute atomic E-state index is 5.98. The van der Waals surface area contributed by atoms with Crippen LogP contribution in [0.2, 0.25) is 0 Å². The number of rotatable bonds is 5. The third kappa shape index (κ3) is 5.95. The van der Waals surface area contributed by atoms with Crippen molar-refractivity contribution in [2.45, 2.75) is 39.7 Å². The molecule has 0 spiro atoms. The summed E-state index contributed by atoms with van der Waals surface area (Å²) >= 11 is 2.15. The summed E-state index contributed by atoms with van der Waals surface area (Å²) in [6, 6.07) is 24.2. The summed E-state index contributed by atoms with van der Waals surface area (Å²) in [4.78, 5) is 0. The topological polar surface area (TPSA) is 9.23 Å². The standard InChI is InChI=1S/C24H25I2O/c1-17-15-22(27-16-18-5-9-20(25)10-6-18)13-14-23(17)26-21-11-7-19(8-12-21)24(2,3)4/h5-15H,16H2,1-4H3/q+1. The van der Waals surface area contributed by atoms with Crippen LogP contribution >= 0.6 is 22.6 Å². The Morgan fingerprint density at radius 3 is 2.15 bits per heavy atom. The molecule has 0 atom stereocenters. The van der Waals surface area contributed by atoms with E-state index in [1.54, 1.807) is 0 Å². The highest BCUT2D eigenvalue weighted by Gasteiger charge is 2.20. The van der Waals surface area contributed by atoms with Crippen LogP contribution in [-0.2, 0) is 12.0 Å². The molecule has 0 aliphatic heterocycles. The van der Waals surface area contributed by atoms with Gasteiger partial charge in [-0.25, -0.2) is 0 Å². The number of benzene rings is 3. The van der Waals surface area contributed by atoms with Crippen LogP contribution in [-0.4, -0.2) is 0 Å². The van der Waals surface area contributed by atoms with E-state index in [0.29, 0.717) is 6.61 Å². The zero-order valence-electron chi connectivity index (χ0n) is 16.2. The van der Waals surface area contributed by atoms with E-state index in [1.165, 1.54) is 27.4 Å². The largest absolute Gasteiger partial charge is 0.489 e. The summed E-state index contributed by atoms with van der Waals surface area (Å²) < 4.78 is 10.1. The average molecular weight is 583 g/mol. The van der Waals surface area contributed by atoms with Crippen molar-refractivity contribution in [2.75, 3.05) is 0 Å². The van der Waals surface area contributed by atoms with E-state index in [2.05, 4.69) is 117 Å². The van der Waals surface area contributed by atoms with Crippen molar-refractivity contribution < 1.29 is 25.9 Å². The van der Waals surface area contributed by atoms with E-state index >= 15 is 0 Å². The van der Waals surface area contributed by atoms with Crippen LogP contribution in [0.1, 0.15) is 37.5 Å². The van der Waals surface area contributed by atoms with Gasteiger partial charge in [-0.1, -0.05) is 45.0 Å². The molecule has 0 bridgehead atoms. The summed E-state index contributed by atoms with van der Waals surface area (Å²) in [6.45, 7) is 9.58. The van der Waals surface area contributed by atoms with E-state index in [1.807, 2.05) is 0 Å². The van der Waals surface area contributed by atoms with E-state index in [-0.39, 0.29) is 26.6 Å². The normalized spacial score (nSPS) is 11.4. The first kappa shape index (κ1) is 20.6. The SMILES string of the molecule is Cc1cc(OCc2ccc(I)cc2)ccc1[I+]c1ccc(C(C)(C)C)cc1. The number of hydrogen-bond acceptors (Lipinski definition) is 1. The summed E-state index contributed by atoms with van der Waals surface area (Å²) in [5, 5.41) is 0. The Morgan fingerprint density at radius 2 is 1.56 bits per heavy atom. The van der Waals surface area contributed by atoms with Crippen LogP contribution in [0.3, 0.4) is 0 Å². The molecule has 0 N–H and O–H groups in total. The molecule has 140 valence electrons. The van der Waals surface area contributed by atoms with Crippen LogP contribution < -0.4 is 25.9 Å². The van der Waals surface area contributed by atoms with Gasteiger partial charge in [0.15, 0.2) is 7.14 Å². The third-order valence-corrected chi connectivity index (χ3v) is 8.22. The number of hydrogen-bond donors (Lipinski definition) is 0. The molecule has 0 amide bonds. The van der Waals surface area contributed by atoms with Gasteiger partial charge in [-0.15, -0.1) is 0 Å². The molecule has 3 rings (SSSR count). The predicted molar refractivity (Wildman–Crippen MR) is 117 cm³/mol. The lowest BCUT2D eigenvalue weighted by atomic mass is 9.87. The molecule has 3 aromatic rings. The Labute approximate surface area is 186 Å². The second-order valence-electron chi connectivity index (χ2n) is 7.68. The Hall–Kier alpha value is -1.08. The summed E-state index contributed by atoms with van der Waals surface area (Å²) in [5.74, 6) is 0.946. The van der Waals surface area contributed by atoms with Crippen LogP contribution in [0.15, 0.2) is 66.7 Å². The molecule has 27 heavy (non-hydrogen) atoms. The fraction of sp³-hybridized carbons (Fsp3) is 0.250. The first-order valence-electron chi connectivity index (χ1n) is 9.04. The van der Waals surface area contributed by atoms with Gasteiger partial charge in [0.2, 0.25) is 0 Å². The minimum Gasteiger partial charge on any atom is -0.489 e. The molecule has 0 aromatic heterocycles. The second kappa shape index (κ2) is 8.95. The number of ether oxygens (including phenoxy) is 1. The van der Waals surface area contributed by atoms with Crippen LogP contribution in [0, 0.1) is 17.6 Å². The van der Waals surface area contributed by atoms with Crippen molar-refractivity contribution >= 4 is 22.6 Å². The molecular weight excluding hydrogens is 558 g/mol. The lowest BCUT2D eigenvalue weighted by Crippen LogP contribution is -3.61. The first-order valence-corrected chi connectivity index (χ1v) is 12.3. The highest BCUT2D eigenvalue weighted by atomic mass is 127. The van der Waals surface area contributed by atoms with Crippen LogP contribution in [0.25, 0.3) is 0 Å². The highest BCUT2D eigenvalue weighted by molar-refractivity contribution is 14.1. The fourth-order valence-corrected chi connectivity index (χ4v) is 5.38. The molecule has 0 heterocycles. The number of aryl methyl sites for hydroxylation is 1. The Morgan fingerprint density at radius 1 is 0.889 bits per heavy atom. The molecular formula is C24H25I2O+. The van der Waals surface area contributed by atoms with Gasteiger partial charge in [-0.2, -0.15) is 0 Å². The fourth-order valence-electron chi connectivity index (χ4n) is 2.69. The summed E-state index contributed by atoms with van der Waals surface area (Å²) in [6.07, 6.45) is 0. The zero-order chi connectivity index (χ0) is 19.4. The van der Waals surface area contributed by atoms with Crippen molar-refractivity contribution in [3.05, 3.63) is 94.1 Å². The summed E-state index contributed by atoms with van der Waals surface area (Å²) in [5.41, 5.74) is 4.13. The summed E-state index contributed by atoms with van der Waals surface area (Å²) in [7, 11) is 0. The van der Waals surface area contributed by atoms with Crippen LogP contribution in [0.4, 0.5) is 0 Å². The lowest BCUT2D eigenvalue weighted by Gasteiger charge is -2.18.